The van der Waals surface area contributed by atoms with Gasteiger partial charge in [0.05, 0.1) is 28.4 Å². The average molecular weight is 628 g/mol. The molecule has 0 spiro atoms. The molecule has 1 amide bonds. The van der Waals surface area contributed by atoms with Gasteiger partial charge in [0, 0.05) is 22.6 Å². The van der Waals surface area contributed by atoms with E-state index in [1.165, 1.54) is 40.6 Å². The zero-order valence-corrected chi connectivity index (χ0v) is 24.7. The third kappa shape index (κ3) is 5.91. The molecule has 2 heterocycles. The molecule has 1 aromatic heterocycles. The van der Waals surface area contributed by atoms with Crippen LogP contribution in [0.4, 0.5) is 5.13 Å². The molecule has 1 atom stereocenters. The first kappa shape index (κ1) is 27.4. The molecule has 1 saturated heterocycles. The summed E-state index contributed by atoms with van der Waals surface area (Å²) in [5.41, 5.74) is 1.81. The van der Waals surface area contributed by atoms with Crippen LogP contribution in [0, 0.1) is 0 Å². The molecule has 1 aliphatic heterocycles. The van der Waals surface area contributed by atoms with Crippen LogP contribution in [-0.4, -0.2) is 49.5 Å². The van der Waals surface area contributed by atoms with Crippen LogP contribution in [0.2, 0.25) is 0 Å². The van der Waals surface area contributed by atoms with Crippen LogP contribution in [0.25, 0.3) is 10.2 Å². The number of hydrazone groups is 1. The number of piperidine rings is 1. The molecule has 0 N–H and O–H groups in total. The lowest BCUT2D eigenvalue weighted by atomic mass is 10.1. The average Bonchev–Trinajstić information content (AvgIpc) is 3.37. The summed E-state index contributed by atoms with van der Waals surface area (Å²) < 4.78 is 35.2. The number of rotatable bonds is 7. The molecule has 8 nitrogen and oxygen atoms in total. The minimum Gasteiger partial charge on any atom is -0.497 e. The number of thiazole rings is 1. The van der Waals surface area contributed by atoms with E-state index in [9.17, 15) is 13.2 Å². The van der Waals surface area contributed by atoms with E-state index in [-0.39, 0.29) is 10.9 Å². The number of nitrogens with zero attached hydrogens (tertiary/aromatic N) is 4. The van der Waals surface area contributed by atoms with Crippen molar-refractivity contribution in [2.45, 2.75) is 37.1 Å². The van der Waals surface area contributed by atoms with Crippen LogP contribution in [-0.2, 0) is 10.0 Å². The van der Waals surface area contributed by atoms with Crippen LogP contribution in [0.15, 0.2) is 81.2 Å². The van der Waals surface area contributed by atoms with Crippen LogP contribution < -0.4 is 9.75 Å². The first-order valence-corrected chi connectivity index (χ1v) is 15.5. The number of aromatic nitrogens is 1. The summed E-state index contributed by atoms with van der Waals surface area (Å²) >= 11 is 4.73. The van der Waals surface area contributed by atoms with Gasteiger partial charge in [0.15, 0.2) is 0 Å². The molecule has 0 radical (unpaired) electrons. The van der Waals surface area contributed by atoms with E-state index in [0.717, 1.165) is 34.0 Å². The zero-order valence-electron chi connectivity index (χ0n) is 21.5. The largest absolute Gasteiger partial charge is 0.497 e. The molecule has 1 unspecified atom stereocenters. The first-order valence-electron chi connectivity index (χ1n) is 12.5. The molecule has 202 valence electrons. The second-order valence-electron chi connectivity index (χ2n) is 9.23. The first-order chi connectivity index (χ1) is 18.8. The Balaban J connectivity index is 1.48. The monoisotopic (exact) mass is 626 g/mol. The van der Waals surface area contributed by atoms with Crippen LogP contribution in [0.3, 0.4) is 0 Å². The lowest BCUT2D eigenvalue weighted by Gasteiger charge is -2.32. The smallest absolute Gasteiger partial charge is 0.280 e. The van der Waals surface area contributed by atoms with E-state index >= 15 is 0 Å². The van der Waals surface area contributed by atoms with Crippen molar-refractivity contribution in [1.82, 2.24) is 9.29 Å². The van der Waals surface area contributed by atoms with Crippen molar-refractivity contribution in [1.29, 1.82) is 0 Å². The lowest BCUT2D eigenvalue weighted by Crippen LogP contribution is -2.41. The Morgan fingerprint density at radius 2 is 1.87 bits per heavy atom. The van der Waals surface area contributed by atoms with Gasteiger partial charge in [-0.3, -0.25) is 4.79 Å². The van der Waals surface area contributed by atoms with E-state index in [1.807, 2.05) is 49.4 Å². The summed E-state index contributed by atoms with van der Waals surface area (Å²) in [5, 5.41) is 6.13. The van der Waals surface area contributed by atoms with Gasteiger partial charge in [-0.05, 0) is 79.9 Å². The summed E-state index contributed by atoms with van der Waals surface area (Å²) in [7, 11) is -2.05. The Morgan fingerprint density at radius 3 is 2.56 bits per heavy atom. The molecule has 1 fully saturated rings. The van der Waals surface area contributed by atoms with Crippen LogP contribution in [0.1, 0.15) is 42.1 Å². The van der Waals surface area contributed by atoms with Crippen LogP contribution in [0.5, 0.6) is 5.75 Å². The normalized spacial score (nSPS) is 16.5. The van der Waals surface area contributed by atoms with Gasteiger partial charge in [0.25, 0.3) is 5.91 Å². The summed E-state index contributed by atoms with van der Waals surface area (Å²) in [4.78, 5) is 18.5. The molecule has 3 aromatic carbocycles. The number of hydrogen-bond donors (Lipinski definition) is 0. The van der Waals surface area contributed by atoms with Gasteiger partial charge in [-0.25, -0.2) is 13.4 Å². The fourth-order valence-electron chi connectivity index (χ4n) is 4.43. The molecule has 1 aliphatic rings. The minimum atomic E-state index is -3.65. The highest BCUT2D eigenvalue weighted by Crippen LogP contribution is 2.33. The Morgan fingerprint density at radius 1 is 1.13 bits per heavy atom. The quantitative estimate of drug-likeness (QED) is 0.177. The number of fused-ring (bicyclic) bond motifs is 1. The van der Waals surface area contributed by atoms with Crippen molar-refractivity contribution >= 4 is 64.8 Å². The molecular weight excluding hydrogens is 600 g/mol. The Kier molecular flexibility index (Phi) is 8.13. The molecule has 39 heavy (non-hydrogen) atoms. The van der Waals surface area contributed by atoms with Gasteiger partial charge in [-0.1, -0.05) is 45.8 Å². The maximum Gasteiger partial charge on any atom is 0.280 e. The number of carbonyl (C=O) groups is 1. The molecule has 0 saturated carbocycles. The number of benzene rings is 3. The van der Waals surface area contributed by atoms with E-state index in [0.29, 0.717) is 28.5 Å². The summed E-state index contributed by atoms with van der Waals surface area (Å²) in [6.07, 6.45) is 4.30. The van der Waals surface area contributed by atoms with E-state index in [1.54, 1.807) is 17.6 Å². The highest BCUT2D eigenvalue weighted by Gasteiger charge is 2.31. The number of carbonyl (C=O) groups excluding carboxylic acids is 1. The zero-order chi connectivity index (χ0) is 27.6. The van der Waals surface area contributed by atoms with E-state index in [4.69, 9.17) is 4.74 Å². The van der Waals surface area contributed by atoms with Gasteiger partial charge in [0.1, 0.15) is 5.75 Å². The fourth-order valence-corrected chi connectivity index (χ4v) is 7.34. The molecular formula is C28H27BrN4O4S2. The molecule has 0 aliphatic carbocycles. The summed E-state index contributed by atoms with van der Waals surface area (Å²) in [6, 6.07) is 19.0. The maximum absolute atomic E-state index is 13.7. The van der Waals surface area contributed by atoms with Gasteiger partial charge in [0.2, 0.25) is 15.2 Å². The van der Waals surface area contributed by atoms with Crippen molar-refractivity contribution in [3.63, 3.8) is 0 Å². The van der Waals surface area contributed by atoms with Gasteiger partial charge in [-0.2, -0.15) is 14.4 Å². The maximum atomic E-state index is 13.7. The third-order valence-electron chi connectivity index (χ3n) is 6.60. The van der Waals surface area contributed by atoms with Gasteiger partial charge >= 0.3 is 0 Å². The molecule has 4 aromatic rings. The minimum absolute atomic E-state index is 0.0499. The van der Waals surface area contributed by atoms with Crippen molar-refractivity contribution in [3.05, 3.63) is 82.3 Å². The predicted octanol–water partition coefficient (Wildman–Crippen LogP) is 6.31. The van der Waals surface area contributed by atoms with Crippen molar-refractivity contribution in [2.24, 2.45) is 5.10 Å². The number of ether oxygens (including phenoxy) is 1. The van der Waals surface area contributed by atoms with E-state index in [2.05, 4.69) is 26.0 Å². The topological polar surface area (TPSA) is 92.2 Å². The Bertz CT molecular complexity index is 1620. The number of amides is 1. The number of halogens is 1. The number of methoxy groups -OCH3 is 1. The highest BCUT2D eigenvalue weighted by molar-refractivity contribution is 9.10. The summed E-state index contributed by atoms with van der Waals surface area (Å²) in [5.74, 6) is 0.262. The van der Waals surface area contributed by atoms with Crippen molar-refractivity contribution < 1.29 is 17.9 Å². The lowest BCUT2D eigenvalue weighted by molar-refractivity contribution is 0.0987. The van der Waals surface area contributed by atoms with E-state index < -0.39 is 15.9 Å². The Hall–Kier alpha value is -3.12. The Labute approximate surface area is 240 Å². The number of hydrogen-bond acceptors (Lipinski definition) is 7. The fraction of sp³-hybridized carbons (Fsp3) is 0.250. The second kappa shape index (κ2) is 11.5. The predicted molar refractivity (Wildman–Crippen MR) is 158 cm³/mol. The summed E-state index contributed by atoms with van der Waals surface area (Å²) in [6.45, 7) is 2.44. The number of anilines is 1. The molecule has 11 heteroatoms. The standard InChI is InChI=1S/C28H27BrN4O4S2/c1-19-5-3-4-16-32(19)39(35,36)24-13-8-21(9-14-24)27(34)33(30-18-20-6-10-22(29)11-7-20)28-31-25-15-12-23(37-2)17-26(25)38-28/h6-15,17-19H,3-5,16H2,1-2H3/b30-18+. The third-order valence-corrected chi connectivity index (χ3v) is 10.2. The van der Waals surface area contributed by atoms with Gasteiger partial charge in [-0.15, -0.1) is 0 Å². The molecule has 5 rings (SSSR count). The SMILES string of the molecule is COc1ccc2nc(N(/N=C/c3ccc(Br)cc3)C(=O)c3ccc(S(=O)(=O)N4CCCCC4C)cc3)sc2c1. The van der Waals surface area contributed by atoms with Gasteiger partial charge < -0.3 is 4.74 Å². The second-order valence-corrected chi connectivity index (χ2v) is 13.0. The number of sulfonamides is 1. The van der Waals surface area contributed by atoms with Crippen molar-refractivity contribution in [3.8, 4) is 5.75 Å². The highest BCUT2D eigenvalue weighted by atomic mass is 79.9. The van der Waals surface area contributed by atoms with Crippen LogP contribution >= 0.6 is 27.3 Å². The molecule has 0 bridgehead atoms. The van der Waals surface area contributed by atoms with Crippen molar-refractivity contribution in [2.75, 3.05) is 18.7 Å².